The number of hydrogen-bond acceptors (Lipinski definition) is 5. The van der Waals surface area contributed by atoms with Crippen LogP contribution in [0.1, 0.15) is 63.5 Å². The molecular formula is C25H31ClN4O3. The van der Waals surface area contributed by atoms with E-state index in [1.807, 2.05) is 16.9 Å². The van der Waals surface area contributed by atoms with Gasteiger partial charge in [0.2, 0.25) is 5.91 Å². The number of fused-ring (bicyclic) bond motifs is 1. The molecule has 33 heavy (non-hydrogen) atoms. The van der Waals surface area contributed by atoms with Crippen LogP contribution in [0.5, 0.6) is 0 Å². The first-order valence-electron chi connectivity index (χ1n) is 12.2. The number of hydrogen-bond donors (Lipinski definition) is 1. The van der Waals surface area contributed by atoms with Gasteiger partial charge in [0, 0.05) is 48.5 Å². The number of anilines is 1. The fourth-order valence-electron chi connectivity index (χ4n) is 5.55. The van der Waals surface area contributed by atoms with Crippen LogP contribution in [-0.4, -0.2) is 39.2 Å². The van der Waals surface area contributed by atoms with Crippen molar-refractivity contribution >= 4 is 29.1 Å². The summed E-state index contributed by atoms with van der Waals surface area (Å²) in [7, 11) is 0. The molecule has 2 aromatic heterocycles. The van der Waals surface area contributed by atoms with E-state index in [1.165, 1.54) is 5.69 Å². The summed E-state index contributed by atoms with van der Waals surface area (Å²) >= 11 is 6.48. The number of amides is 1. The highest BCUT2D eigenvalue weighted by atomic mass is 35.5. The first-order valence-corrected chi connectivity index (χ1v) is 12.6. The zero-order valence-corrected chi connectivity index (χ0v) is 19.6. The highest BCUT2D eigenvalue weighted by Gasteiger charge is 2.32. The van der Waals surface area contributed by atoms with Crippen LogP contribution in [0.3, 0.4) is 0 Å². The predicted octanol–water partition coefficient (Wildman–Crippen LogP) is 4.82. The van der Waals surface area contributed by atoms with Crippen molar-refractivity contribution in [3.63, 3.8) is 0 Å². The van der Waals surface area contributed by atoms with Gasteiger partial charge in [0.05, 0.1) is 11.2 Å². The van der Waals surface area contributed by atoms with Crippen LogP contribution < -0.4 is 5.32 Å². The number of nitrogens with zero attached hydrogens (tertiary/aromatic N) is 3. The lowest BCUT2D eigenvalue weighted by molar-refractivity contribution is -0.130. The van der Waals surface area contributed by atoms with E-state index >= 15 is 0 Å². The number of ketones is 1. The second-order valence-corrected chi connectivity index (χ2v) is 10.0. The molecule has 7 nitrogen and oxygen atoms in total. The van der Waals surface area contributed by atoms with Crippen LogP contribution in [0.25, 0.3) is 11.1 Å². The second kappa shape index (κ2) is 9.94. The Labute approximate surface area is 199 Å². The minimum absolute atomic E-state index is 0.0259. The Hall–Kier alpha value is -2.25. The van der Waals surface area contributed by atoms with Crippen LogP contribution in [0.2, 0.25) is 5.02 Å². The van der Waals surface area contributed by atoms with E-state index in [9.17, 15) is 9.59 Å². The normalized spacial score (nSPS) is 24.9. The standard InChI is InChI=1S/C25H31ClN4O3/c26-20-15-27-24(13-18(20)19-14-28-30-9-2-1-7-21(19)30)29-25(32)17-6-3-5-16(11-17)12-22(31)23-8-4-10-33-23/h13-17,23H,1-12H2,(H,27,29,32)/t16-,17+,23+/m1/s1. The number of rotatable bonds is 6. The Kier molecular flexibility index (Phi) is 6.79. The molecule has 2 aliphatic heterocycles. The molecule has 1 N–H and O–H groups in total. The quantitative estimate of drug-likeness (QED) is 0.654. The van der Waals surface area contributed by atoms with Crippen molar-refractivity contribution in [2.45, 2.75) is 76.9 Å². The summed E-state index contributed by atoms with van der Waals surface area (Å²) in [6.07, 6.45) is 12.3. The van der Waals surface area contributed by atoms with Crippen LogP contribution in [0, 0.1) is 11.8 Å². The number of nitrogens with one attached hydrogen (secondary N) is 1. The largest absolute Gasteiger partial charge is 0.370 e. The molecule has 2 aromatic rings. The molecule has 0 spiro atoms. The average Bonchev–Trinajstić information content (AvgIpc) is 3.51. The lowest BCUT2D eigenvalue weighted by atomic mass is 9.78. The molecule has 176 valence electrons. The number of halogens is 1. The van der Waals surface area contributed by atoms with Crippen LogP contribution in [0.4, 0.5) is 5.82 Å². The first-order chi connectivity index (χ1) is 16.1. The Balaban J connectivity index is 1.24. The Morgan fingerprint density at radius 2 is 2.03 bits per heavy atom. The van der Waals surface area contributed by atoms with Gasteiger partial charge in [0.1, 0.15) is 11.9 Å². The smallest absolute Gasteiger partial charge is 0.228 e. The number of aromatic nitrogens is 3. The van der Waals surface area contributed by atoms with Gasteiger partial charge in [-0.15, -0.1) is 0 Å². The fraction of sp³-hybridized carbons (Fsp3) is 0.600. The molecule has 3 aliphatic rings. The fourth-order valence-corrected chi connectivity index (χ4v) is 5.76. The number of Topliss-reactive ketones (excluding diaryl/α,β-unsaturated/α-hetero) is 1. The number of ether oxygens (including phenoxy) is 1. The van der Waals surface area contributed by atoms with Crippen molar-refractivity contribution in [3.05, 3.63) is 29.2 Å². The summed E-state index contributed by atoms with van der Waals surface area (Å²) in [6.45, 7) is 1.62. The maximum atomic E-state index is 13.1. The van der Waals surface area contributed by atoms with E-state index in [-0.39, 0.29) is 29.6 Å². The molecule has 8 heteroatoms. The molecule has 4 heterocycles. The molecule has 1 saturated heterocycles. The van der Waals surface area contributed by atoms with Gasteiger partial charge in [-0.2, -0.15) is 5.10 Å². The van der Waals surface area contributed by atoms with Gasteiger partial charge in [-0.3, -0.25) is 14.3 Å². The maximum absolute atomic E-state index is 13.1. The van der Waals surface area contributed by atoms with Crippen LogP contribution >= 0.6 is 11.6 Å². The summed E-state index contributed by atoms with van der Waals surface area (Å²) < 4.78 is 7.59. The molecule has 1 amide bonds. The van der Waals surface area contributed by atoms with Crippen molar-refractivity contribution in [3.8, 4) is 11.1 Å². The molecule has 1 aliphatic carbocycles. The highest BCUT2D eigenvalue weighted by molar-refractivity contribution is 6.33. The molecule has 0 aromatic carbocycles. The maximum Gasteiger partial charge on any atom is 0.228 e. The van der Waals surface area contributed by atoms with Gasteiger partial charge < -0.3 is 10.1 Å². The van der Waals surface area contributed by atoms with E-state index < -0.39 is 0 Å². The topological polar surface area (TPSA) is 86.1 Å². The van der Waals surface area contributed by atoms with Gasteiger partial charge >= 0.3 is 0 Å². The molecule has 2 fully saturated rings. The summed E-state index contributed by atoms with van der Waals surface area (Å²) in [5, 5.41) is 8.07. The molecular weight excluding hydrogens is 440 g/mol. The van der Waals surface area contributed by atoms with Crippen molar-refractivity contribution in [1.29, 1.82) is 0 Å². The third-order valence-electron chi connectivity index (χ3n) is 7.31. The third-order valence-corrected chi connectivity index (χ3v) is 7.61. The average molecular weight is 471 g/mol. The minimum Gasteiger partial charge on any atom is -0.370 e. The summed E-state index contributed by atoms with van der Waals surface area (Å²) in [5.41, 5.74) is 3.06. The third kappa shape index (κ3) is 4.99. The first kappa shape index (κ1) is 22.5. The van der Waals surface area contributed by atoms with E-state index in [0.717, 1.165) is 75.5 Å². The molecule has 1 saturated carbocycles. The van der Waals surface area contributed by atoms with E-state index in [0.29, 0.717) is 23.9 Å². The Morgan fingerprint density at radius 3 is 2.88 bits per heavy atom. The van der Waals surface area contributed by atoms with Crippen molar-refractivity contribution < 1.29 is 14.3 Å². The van der Waals surface area contributed by atoms with Crippen molar-refractivity contribution in [2.24, 2.45) is 11.8 Å². The Morgan fingerprint density at radius 1 is 1.12 bits per heavy atom. The van der Waals surface area contributed by atoms with Gasteiger partial charge in [-0.25, -0.2) is 4.98 Å². The van der Waals surface area contributed by atoms with Crippen LogP contribution in [-0.2, 0) is 27.3 Å². The summed E-state index contributed by atoms with van der Waals surface area (Å²) in [5.74, 6) is 0.826. The molecule has 0 unspecified atom stereocenters. The van der Waals surface area contributed by atoms with Crippen LogP contribution in [0.15, 0.2) is 18.5 Å². The van der Waals surface area contributed by atoms with E-state index in [1.54, 1.807) is 6.20 Å². The summed E-state index contributed by atoms with van der Waals surface area (Å²) in [6, 6.07) is 1.86. The van der Waals surface area contributed by atoms with Gasteiger partial charge in [0.25, 0.3) is 0 Å². The number of carbonyl (C=O) groups excluding carboxylic acids is 2. The van der Waals surface area contributed by atoms with E-state index in [4.69, 9.17) is 16.3 Å². The number of pyridine rings is 1. The lowest BCUT2D eigenvalue weighted by Gasteiger charge is -2.28. The zero-order chi connectivity index (χ0) is 22.8. The van der Waals surface area contributed by atoms with Gasteiger partial charge in [-0.05, 0) is 63.4 Å². The Bertz CT molecular complexity index is 1030. The minimum atomic E-state index is -0.231. The highest BCUT2D eigenvalue weighted by Crippen LogP contribution is 2.35. The van der Waals surface area contributed by atoms with Crippen molar-refractivity contribution in [2.75, 3.05) is 11.9 Å². The number of carbonyl (C=O) groups is 2. The second-order valence-electron chi connectivity index (χ2n) is 9.63. The van der Waals surface area contributed by atoms with E-state index in [2.05, 4.69) is 15.4 Å². The zero-order valence-electron chi connectivity index (χ0n) is 18.9. The molecule has 0 bridgehead atoms. The van der Waals surface area contributed by atoms with Gasteiger partial charge in [-0.1, -0.05) is 18.0 Å². The monoisotopic (exact) mass is 470 g/mol. The molecule has 0 radical (unpaired) electrons. The molecule has 5 rings (SSSR count). The predicted molar refractivity (Wildman–Crippen MR) is 126 cm³/mol. The van der Waals surface area contributed by atoms with Gasteiger partial charge in [0.15, 0.2) is 5.78 Å². The lowest BCUT2D eigenvalue weighted by Crippen LogP contribution is -2.30. The molecule has 3 atom stereocenters. The SMILES string of the molecule is O=C(Nc1cc(-c2cnn3c2CCCC3)c(Cl)cn1)[C@H]1CCC[C@@H](CC(=O)[C@@H]2CCCO2)C1. The summed E-state index contributed by atoms with van der Waals surface area (Å²) in [4.78, 5) is 29.9. The number of aryl methyl sites for hydroxylation is 1. The van der Waals surface area contributed by atoms with Crippen molar-refractivity contribution in [1.82, 2.24) is 14.8 Å².